The van der Waals surface area contributed by atoms with Crippen LogP contribution in [0.5, 0.6) is 0 Å². The van der Waals surface area contributed by atoms with Gasteiger partial charge in [0.25, 0.3) is 0 Å². The average Bonchev–Trinajstić information content (AvgIpc) is 3.30. The van der Waals surface area contributed by atoms with Gasteiger partial charge in [-0.15, -0.1) is 0 Å². The van der Waals surface area contributed by atoms with Crippen molar-refractivity contribution in [3.05, 3.63) is 71.9 Å². The monoisotopic (exact) mass is 434 g/mol. The molecule has 0 saturated carbocycles. The molecule has 0 amide bonds. The number of rotatable bonds is 2. The van der Waals surface area contributed by atoms with Crippen LogP contribution in [0.4, 0.5) is 11.5 Å². The third-order valence-corrected chi connectivity index (χ3v) is 7.00. The van der Waals surface area contributed by atoms with E-state index in [0.717, 1.165) is 48.5 Å². The SMILES string of the molecule is C(#Cc1nc2ccccc2n2c(N3CCCCC3)c(N3CCCCC3)cc12)c1ccccc1. The molecule has 6 rings (SSSR count). The van der Waals surface area contributed by atoms with Gasteiger partial charge in [0, 0.05) is 31.7 Å². The molecule has 0 atom stereocenters. The largest absolute Gasteiger partial charge is 0.369 e. The minimum absolute atomic E-state index is 0.860. The first-order valence-electron chi connectivity index (χ1n) is 12.4. The van der Waals surface area contributed by atoms with E-state index in [2.05, 4.69) is 68.5 Å². The summed E-state index contributed by atoms with van der Waals surface area (Å²) in [7, 11) is 0. The number of piperidine rings is 2. The second-order valence-electron chi connectivity index (χ2n) is 9.23. The fraction of sp³-hybridized carbons (Fsp3) is 0.345. The molecule has 2 fully saturated rings. The molecule has 2 aromatic heterocycles. The zero-order valence-electron chi connectivity index (χ0n) is 19.1. The van der Waals surface area contributed by atoms with Gasteiger partial charge in [0.15, 0.2) is 0 Å². The van der Waals surface area contributed by atoms with Crippen molar-refractivity contribution in [2.45, 2.75) is 38.5 Å². The maximum Gasteiger partial charge on any atom is 0.138 e. The Morgan fingerprint density at radius 1 is 0.636 bits per heavy atom. The topological polar surface area (TPSA) is 23.8 Å². The van der Waals surface area contributed by atoms with E-state index < -0.39 is 0 Å². The van der Waals surface area contributed by atoms with Gasteiger partial charge in [-0.1, -0.05) is 36.3 Å². The van der Waals surface area contributed by atoms with Gasteiger partial charge in [0.2, 0.25) is 0 Å². The summed E-state index contributed by atoms with van der Waals surface area (Å²) < 4.78 is 2.45. The summed E-state index contributed by atoms with van der Waals surface area (Å²) in [6.07, 6.45) is 7.72. The molecule has 2 aliphatic heterocycles. The van der Waals surface area contributed by atoms with E-state index in [1.54, 1.807) is 0 Å². The van der Waals surface area contributed by atoms with Crippen molar-refractivity contribution in [1.82, 2.24) is 9.38 Å². The summed E-state index contributed by atoms with van der Waals surface area (Å²) in [6.45, 7) is 4.51. The van der Waals surface area contributed by atoms with E-state index in [1.165, 1.54) is 55.5 Å². The maximum absolute atomic E-state index is 5.03. The van der Waals surface area contributed by atoms with Crippen molar-refractivity contribution in [2.75, 3.05) is 36.0 Å². The van der Waals surface area contributed by atoms with Crippen LogP contribution in [0, 0.1) is 11.8 Å². The normalized spacial score (nSPS) is 16.7. The van der Waals surface area contributed by atoms with Crippen molar-refractivity contribution >= 4 is 28.1 Å². The number of para-hydroxylation sites is 2. The lowest BCUT2D eigenvalue weighted by Gasteiger charge is -2.34. The number of hydrogen-bond donors (Lipinski definition) is 0. The third-order valence-electron chi connectivity index (χ3n) is 7.00. The summed E-state index contributed by atoms with van der Waals surface area (Å²) in [4.78, 5) is 10.2. The predicted molar refractivity (Wildman–Crippen MR) is 137 cm³/mol. The molecule has 0 spiro atoms. The molecule has 4 nitrogen and oxygen atoms in total. The molecule has 0 radical (unpaired) electrons. The van der Waals surface area contributed by atoms with Crippen molar-refractivity contribution < 1.29 is 0 Å². The molecule has 0 aliphatic carbocycles. The van der Waals surface area contributed by atoms with Crippen LogP contribution in [0.2, 0.25) is 0 Å². The zero-order chi connectivity index (χ0) is 22.0. The summed E-state index contributed by atoms with van der Waals surface area (Å²) in [5.74, 6) is 8.12. The second-order valence-corrected chi connectivity index (χ2v) is 9.23. The number of benzene rings is 2. The molecule has 4 heterocycles. The van der Waals surface area contributed by atoms with Crippen molar-refractivity contribution in [3.63, 3.8) is 0 Å². The van der Waals surface area contributed by atoms with Gasteiger partial charge in [-0.25, -0.2) is 4.98 Å². The first kappa shape index (κ1) is 20.2. The number of anilines is 2. The molecule has 0 unspecified atom stereocenters. The van der Waals surface area contributed by atoms with Crippen LogP contribution in [0.15, 0.2) is 60.7 Å². The Bertz CT molecular complexity index is 1330. The molecule has 0 N–H and O–H groups in total. The van der Waals surface area contributed by atoms with Crippen LogP contribution in [0.25, 0.3) is 16.6 Å². The molecular formula is C29H30N4. The van der Waals surface area contributed by atoms with Gasteiger partial charge in [-0.05, 0) is 74.8 Å². The number of hydrogen-bond acceptors (Lipinski definition) is 3. The fourth-order valence-electron chi connectivity index (χ4n) is 5.35. The van der Waals surface area contributed by atoms with Crippen LogP contribution in [-0.2, 0) is 0 Å². The highest BCUT2D eigenvalue weighted by Gasteiger charge is 2.26. The van der Waals surface area contributed by atoms with E-state index in [1.807, 2.05) is 18.2 Å². The van der Waals surface area contributed by atoms with Crippen LogP contribution in [0.3, 0.4) is 0 Å². The molecule has 4 heteroatoms. The summed E-state index contributed by atoms with van der Waals surface area (Å²) >= 11 is 0. The highest BCUT2D eigenvalue weighted by molar-refractivity contribution is 5.90. The molecule has 166 valence electrons. The minimum Gasteiger partial charge on any atom is -0.369 e. The Hall–Kier alpha value is -3.45. The van der Waals surface area contributed by atoms with Crippen molar-refractivity contribution in [2.24, 2.45) is 0 Å². The van der Waals surface area contributed by atoms with Gasteiger partial charge in [-0.3, -0.25) is 4.40 Å². The lowest BCUT2D eigenvalue weighted by Crippen LogP contribution is -2.34. The number of nitrogens with zero attached hydrogens (tertiary/aromatic N) is 4. The van der Waals surface area contributed by atoms with Gasteiger partial charge in [0.05, 0.1) is 22.2 Å². The van der Waals surface area contributed by atoms with E-state index in [9.17, 15) is 0 Å². The van der Waals surface area contributed by atoms with E-state index >= 15 is 0 Å². The Morgan fingerprint density at radius 3 is 2.06 bits per heavy atom. The van der Waals surface area contributed by atoms with Gasteiger partial charge in [-0.2, -0.15) is 0 Å². The van der Waals surface area contributed by atoms with E-state index in [0.29, 0.717) is 0 Å². The Morgan fingerprint density at radius 2 is 1.30 bits per heavy atom. The first-order chi connectivity index (χ1) is 16.4. The molecule has 4 aromatic rings. The minimum atomic E-state index is 0.860. The summed E-state index contributed by atoms with van der Waals surface area (Å²) in [6, 6.07) is 21.1. The standard InChI is InChI=1S/C29H30N4/c1-4-12-23(13-5-1)16-17-25-27-22-28(31-18-8-2-9-19-31)29(32-20-10-3-11-21-32)33(27)26-15-7-6-14-24(26)30-25/h1,4-7,12-15,22H,2-3,8-11,18-21H2. The fourth-order valence-corrected chi connectivity index (χ4v) is 5.35. The second kappa shape index (κ2) is 8.83. The highest BCUT2D eigenvalue weighted by atomic mass is 15.3. The van der Waals surface area contributed by atoms with Crippen molar-refractivity contribution in [3.8, 4) is 11.8 Å². The molecule has 33 heavy (non-hydrogen) atoms. The van der Waals surface area contributed by atoms with Gasteiger partial charge in [0.1, 0.15) is 11.5 Å². The predicted octanol–water partition coefficient (Wildman–Crippen LogP) is 5.87. The highest BCUT2D eigenvalue weighted by Crippen LogP contribution is 2.39. The van der Waals surface area contributed by atoms with Crippen LogP contribution in [0.1, 0.15) is 49.8 Å². The maximum atomic E-state index is 5.03. The van der Waals surface area contributed by atoms with E-state index in [4.69, 9.17) is 4.98 Å². The first-order valence-corrected chi connectivity index (χ1v) is 12.4. The third kappa shape index (κ3) is 3.82. The Labute approximate surface area is 195 Å². The lowest BCUT2D eigenvalue weighted by atomic mass is 10.1. The molecule has 2 aromatic carbocycles. The Kier molecular flexibility index (Phi) is 5.40. The van der Waals surface area contributed by atoms with Crippen LogP contribution < -0.4 is 9.80 Å². The average molecular weight is 435 g/mol. The summed E-state index contributed by atoms with van der Waals surface area (Å²) in [5.41, 5.74) is 6.53. The molecule has 2 aliphatic rings. The Balaban J connectivity index is 1.61. The van der Waals surface area contributed by atoms with Crippen molar-refractivity contribution in [1.29, 1.82) is 0 Å². The molecule has 0 bridgehead atoms. The quantitative estimate of drug-likeness (QED) is 0.369. The van der Waals surface area contributed by atoms with Gasteiger partial charge < -0.3 is 9.80 Å². The zero-order valence-corrected chi connectivity index (χ0v) is 19.1. The lowest BCUT2D eigenvalue weighted by molar-refractivity contribution is 0.562. The smallest absolute Gasteiger partial charge is 0.138 e. The number of fused-ring (bicyclic) bond motifs is 3. The van der Waals surface area contributed by atoms with E-state index in [-0.39, 0.29) is 0 Å². The van der Waals surface area contributed by atoms with Gasteiger partial charge >= 0.3 is 0 Å². The molecule has 2 saturated heterocycles. The molecular weight excluding hydrogens is 404 g/mol. The van der Waals surface area contributed by atoms with Crippen LogP contribution >= 0.6 is 0 Å². The summed E-state index contributed by atoms with van der Waals surface area (Å²) in [5, 5.41) is 0. The number of aromatic nitrogens is 2. The van der Waals surface area contributed by atoms with Crippen LogP contribution in [-0.4, -0.2) is 35.6 Å².